The van der Waals surface area contributed by atoms with Crippen LogP contribution in [0.3, 0.4) is 0 Å². The third-order valence-corrected chi connectivity index (χ3v) is 1.26. The minimum Gasteiger partial charge on any atom is -0.376 e. The molecule has 0 radical (unpaired) electrons. The predicted octanol–water partition coefficient (Wildman–Crippen LogP) is -0.703. The highest BCUT2D eigenvalue weighted by molar-refractivity contribution is 7.80. The highest BCUT2D eigenvalue weighted by Gasteiger charge is 2.00. The first kappa shape index (κ1) is 9.15. The fraction of sp³-hybridized carbons (Fsp3) is 0. The van der Waals surface area contributed by atoms with Gasteiger partial charge >= 0.3 is 0 Å². The van der Waals surface area contributed by atoms with Gasteiger partial charge in [0.2, 0.25) is 5.95 Å². The van der Waals surface area contributed by atoms with E-state index in [2.05, 4.69) is 27.5 Å². The zero-order valence-corrected chi connectivity index (χ0v) is 7.18. The van der Waals surface area contributed by atoms with E-state index < -0.39 is 5.56 Å². The molecule has 1 rings (SSSR count). The lowest BCUT2D eigenvalue weighted by Crippen LogP contribution is -2.23. The van der Waals surface area contributed by atoms with Crippen LogP contribution in [-0.4, -0.2) is 15.1 Å². The summed E-state index contributed by atoms with van der Waals surface area (Å²) in [5, 5.41) is 10.8. The van der Waals surface area contributed by atoms with Gasteiger partial charge in [0.05, 0.1) is 6.20 Å². The number of aromatic amines is 1. The van der Waals surface area contributed by atoms with Gasteiger partial charge in [-0.25, -0.2) is 4.98 Å². The van der Waals surface area contributed by atoms with Crippen LogP contribution in [0.1, 0.15) is 5.56 Å². The first-order chi connectivity index (χ1) is 6.13. The second-order valence-corrected chi connectivity index (χ2v) is 2.52. The van der Waals surface area contributed by atoms with Crippen LogP contribution in [0.4, 0.5) is 5.95 Å². The number of H-pyrrole nitrogens is 1. The van der Waals surface area contributed by atoms with Gasteiger partial charge in [-0.05, 0) is 12.2 Å². The number of nitrogens with two attached hydrogens (primary N) is 1. The van der Waals surface area contributed by atoms with E-state index in [-0.39, 0.29) is 16.6 Å². The molecule has 13 heavy (non-hydrogen) atoms. The van der Waals surface area contributed by atoms with Gasteiger partial charge in [0.25, 0.3) is 5.56 Å². The number of nitrogens with one attached hydrogen (secondary N) is 2. The fourth-order valence-electron chi connectivity index (χ4n) is 0.655. The van der Waals surface area contributed by atoms with Gasteiger partial charge in [-0.2, -0.15) is 5.26 Å². The van der Waals surface area contributed by atoms with Gasteiger partial charge in [0.15, 0.2) is 5.11 Å². The van der Waals surface area contributed by atoms with Crippen molar-refractivity contribution in [1.82, 2.24) is 9.97 Å². The van der Waals surface area contributed by atoms with E-state index in [1.165, 1.54) is 0 Å². The average Bonchev–Trinajstić information content (AvgIpc) is 2.03. The Morgan fingerprint density at radius 2 is 2.54 bits per heavy atom. The number of hydrogen-bond donors (Lipinski definition) is 3. The Kier molecular flexibility index (Phi) is 2.56. The van der Waals surface area contributed by atoms with Crippen LogP contribution >= 0.6 is 12.2 Å². The molecule has 4 N–H and O–H groups in total. The minimum absolute atomic E-state index is 0.00661. The van der Waals surface area contributed by atoms with E-state index in [4.69, 9.17) is 11.0 Å². The average molecular weight is 195 g/mol. The Morgan fingerprint density at radius 3 is 3.00 bits per heavy atom. The van der Waals surface area contributed by atoms with Crippen molar-refractivity contribution in [3.05, 3.63) is 22.1 Å². The van der Waals surface area contributed by atoms with Crippen LogP contribution in [0.15, 0.2) is 11.0 Å². The zero-order chi connectivity index (χ0) is 9.84. The Hall–Kier alpha value is -1.94. The van der Waals surface area contributed by atoms with Gasteiger partial charge in [0.1, 0.15) is 11.6 Å². The molecule has 0 spiro atoms. The van der Waals surface area contributed by atoms with E-state index >= 15 is 0 Å². The molecule has 0 bridgehead atoms. The monoisotopic (exact) mass is 195 g/mol. The molecule has 0 aliphatic heterocycles. The second kappa shape index (κ2) is 3.64. The van der Waals surface area contributed by atoms with Gasteiger partial charge < -0.3 is 11.1 Å². The Labute approximate surface area is 78.4 Å². The molecule has 7 heteroatoms. The first-order valence-electron chi connectivity index (χ1n) is 3.19. The van der Waals surface area contributed by atoms with Gasteiger partial charge in [-0.1, -0.05) is 0 Å². The van der Waals surface area contributed by atoms with Gasteiger partial charge in [0, 0.05) is 0 Å². The normalized spacial score (nSPS) is 8.85. The molecule has 0 atom stereocenters. The summed E-state index contributed by atoms with van der Waals surface area (Å²) in [6.45, 7) is 0. The van der Waals surface area contributed by atoms with Crippen LogP contribution in [0.5, 0.6) is 0 Å². The van der Waals surface area contributed by atoms with Crippen molar-refractivity contribution in [2.45, 2.75) is 0 Å². The quantitative estimate of drug-likeness (QED) is 0.511. The predicted molar refractivity (Wildman–Crippen MR) is 50.0 cm³/mol. The largest absolute Gasteiger partial charge is 0.376 e. The number of nitriles is 1. The molecular formula is C6H5N5OS. The molecule has 0 aliphatic carbocycles. The molecule has 1 aromatic heterocycles. The third kappa shape index (κ3) is 2.25. The molecule has 0 fully saturated rings. The first-order valence-corrected chi connectivity index (χ1v) is 3.60. The van der Waals surface area contributed by atoms with Gasteiger partial charge in [-0.15, -0.1) is 0 Å². The second-order valence-electron chi connectivity index (χ2n) is 2.08. The molecular weight excluding hydrogens is 190 g/mol. The summed E-state index contributed by atoms with van der Waals surface area (Å²) in [6, 6.07) is 1.68. The zero-order valence-electron chi connectivity index (χ0n) is 6.37. The van der Waals surface area contributed by atoms with Crippen molar-refractivity contribution in [3.63, 3.8) is 0 Å². The third-order valence-electron chi connectivity index (χ3n) is 1.16. The SMILES string of the molecule is N#Cc1cnc(NC(N)=S)[nH]c1=O. The molecule has 1 heterocycles. The van der Waals surface area contributed by atoms with Crippen molar-refractivity contribution in [2.75, 3.05) is 5.32 Å². The summed E-state index contributed by atoms with van der Waals surface area (Å²) in [4.78, 5) is 17.0. The molecule has 0 unspecified atom stereocenters. The fourth-order valence-corrected chi connectivity index (χ4v) is 0.751. The molecule has 0 saturated carbocycles. The van der Waals surface area contributed by atoms with E-state index in [1.54, 1.807) is 6.07 Å². The smallest absolute Gasteiger partial charge is 0.270 e. The number of aromatic nitrogens is 2. The Morgan fingerprint density at radius 1 is 1.85 bits per heavy atom. The number of anilines is 1. The lowest BCUT2D eigenvalue weighted by molar-refractivity contribution is 1.11. The summed E-state index contributed by atoms with van der Waals surface area (Å²) in [6.07, 6.45) is 1.14. The minimum atomic E-state index is -0.531. The summed E-state index contributed by atoms with van der Waals surface area (Å²) in [7, 11) is 0. The summed E-state index contributed by atoms with van der Waals surface area (Å²) in [5.41, 5.74) is 4.55. The molecule has 0 saturated heterocycles. The Balaban J connectivity index is 3.05. The molecule has 0 aliphatic rings. The topological polar surface area (TPSA) is 108 Å². The van der Waals surface area contributed by atoms with E-state index in [0.717, 1.165) is 6.20 Å². The number of rotatable bonds is 1. The number of hydrogen-bond acceptors (Lipinski definition) is 4. The summed E-state index contributed by atoms with van der Waals surface area (Å²) in [5.74, 6) is 0.122. The highest BCUT2D eigenvalue weighted by Crippen LogP contribution is 1.92. The maximum atomic E-state index is 11.0. The van der Waals surface area contributed by atoms with E-state index in [0.29, 0.717) is 0 Å². The summed E-state index contributed by atoms with van der Waals surface area (Å²) < 4.78 is 0. The maximum Gasteiger partial charge on any atom is 0.270 e. The van der Waals surface area contributed by atoms with Crippen molar-refractivity contribution < 1.29 is 0 Å². The van der Waals surface area contributed by atoms with E-state index in [9.17, 15) is 4.79 Å². The maximum absolute atomic E-state index is 11.0. The van der Waals surface area contributed by atoms with Crippen LogP contribution in [0.2, 0.25) is 0 Å². The number of nitrogens with zero attached hydrogens (tertiary/aromatic N) is 2. The van der Waals surface area contributed by atoms with Gasteiger partial charge in [-0.3, -0.25) is 9.78 Å². The molecule has 66 valence electrons. The molecule has 0 amide bonds. The van der Waals surface area contributed by atoms with Crippen molar-refractivity contribution in [3.8, 4) is 6.07 Å². The van der Waals surface area contributed by atoms with Crippen molar-refractivity contribution in [1.29, 1.82) is 5.26 Å². The van der Waals surface area contributed by atoms with Crippen molar-refractivity contribution >= 4 is 23.3 Å². The van der Waals surface area contributed by atoms with Crippen LogP contribution in [0.25, 0.3) is 0 Å². The van der Waals surface area contributed by atoms with Crippen LogP contribution in [0, 0.1) is 11.3 Å². The molecule has 1 aromatic rings. The van der Waals surface area contributed by atoms with E-state index in [1.807, 2.05) is 0 Å². The lowest BCUT2D eigenvalue weighted by atomic mass is 10.4. The highest BCUT2D eigenvalue weighted by atomic mass is 32.1. The Bertz CT molecular complexity index is 431. The molecule has 0 aromatic carbocycles. The lowest BCUT2D eigenvalue weighted by Gasteiger charge is -2.00. The van der Waals surface area contributed by atoms with Crippen LogP contribution < -0.4 is 16.6 Å². The van der Waals surface area contributed by atoms with Crippen molar-refractivity contribution in [2.24, 2.45) is 5.73 Å². The van der Waals surface area contributed by atoms with Crippen LogP contribution in [-0.2, 0) is 0 Å². The standard InChI is InChI=1S/C6H5N5OS/c7-1-3-2-9-6(10-4(3)12)11-5(8)13/h2H,(H4,8,9,10,11,12,13). The summed E-state index contributed by atoms with van der Waals surface area (Å²) >= 11 is 4.52. The molecule has 6 nitrogen and oxygen atoms in total. The number of thiocarbonyl (C=S) groups is 1.